The van der Waals surface area contributed by atoms with Crippen molar-refractivity contribution >= 4 is 5.91 Å². The third-order valence-corrected chi connectivity index (χ3v) is 4.26. The van der Waals surface area contributed by atoms with Crippen LogP contribution in [0.15, 0.2) is 34.9 Å². The van der Waals surface area contributed by atoms with Crippen molar-refractivity contribution in [3.05, 3.63) is 47.6 Å². The van der Waals surface area contributed by atoms with Crippen molar-refractivity contribution in [2.45, 2.75) is 51.2 Å². The van der Waals surface area contributed by atoms with Gasteiger partial charge in [-0.15, -0.1) is 0 Å². The predicted molar refractivity (Wildman–Crippen MR) is 88.3 cm³/mol. The number of amides is 1. The highest BCUT2D eigenvalue weighted by atomic mass is 16.5. The largest absolute Gasteiger partial charge is 0.373 e. The van der Waals surface area contributed by atoms with Gasteiger partial charge in [0.1, 0.15) is 0 Å². The van der Waals surface area contributed by atoms with E-state index in [0.717, 1.165) is 25.0 Å². The van der Waals surface area contributed by atoms with E-state index in [1.807, 2.05) is 32.0 Å². The third-order valence-electron chi connectivity index (χ3n) is 4.26. The number of rotatable bonds is 4. The molecule has 1 aromatic carbocycles. The molecule has 3 rings (SSSR count). The number of aromatic nitrogens is 2. The van der Waals surface area contributed by atoms with Crippen LogP contribution < -0.4 is 5.32 Å². The van der Waals surface area contributed by atoms with Crippen LogP contribution in [-0.4, -0.2) is 22.7 Å². The van der Waals surface area contributed by atoms with Crippen molar-refractivity contribution in [2.75, 3.05) is 6.61 Å². The Kier molecular flexibility index (Phi) is 4.66. The van der Waals surface area contributed by atoms with Crippen molar-refractivity contribution < 1.29 is 14.1 Å². The minimum absolute atomic E-state index is 0.0236. The number of benzene rings is 1. The van der Waals surface area contributed by atoms with Gasteiger partial charge in [0.15, 0.2) is 5.82 Å². The van der Waals surface area contributed by atoms with E-state index in [-0.39, 0.29) is 17.9 Å². The van der Waals surface area contributed by atoms with Gasteiger partial charge in [0.2, 0.25) is 11.8 Å². The third kappa shape index (κ3) is 3.48. The van der Waals surface area contributed by atoms with Gasteiger partial charge in [-0.1, -0.05) is 35.5 Å². The molecule has 24 heavy (non-hydrogen) atoms. The summed E-state index contributed by atoms with van der Waals surface area (Å²) in [6.45, 7) is 5.92. The SMILES string of the molecule is CC(=O)NC(C)(C)c1noc([C@@H]2CCCO[C@H]2c2ccccc2)n1. The van der Waals surface area contributed by atoms with E-state index in [0.29, 0.717) is 11.7 Å². The first-order valence-corrected chi connectivity index (χ1v) is 8.27. The Morgan fingerprint density at radius 2 is 2.04 bits per heavy atom. The molecule has 6 heteroatoms. The highest BCUT2D eigenvalue weighted by molar-refractivity contribution is 5.73. The number of hydrogen-bond acceptors (Lipinski definition) is 5. The van der Waals surface area contributed by atoms with Gasteiger partial charge in [0.25, 0.3) is 0 Å². The molecule has 1 aliphatic heterocycles. The summed E-state index contributed by atoms with van der Waals surface area (Å²) in [5.41, 5.74) is 0.439. The zero-order chi connectivity index (χ0) is 17.2. The number of carbonyl (C=O) groups excluding carboxylic acids is 1. The highest BCUT2D eigenvalue weighted by Gasteiger charge is 2.35. The standard InChI is InChI=1S/C18H23N3O3/c1-12(22)20-18(2,3)17-19-16(24-21-17)14-10-7-11-23-15(14)13-8-5-4-6-9-13/h4-6,8-9,14-15H,7,10-11H2,1-3H3,(H,20,22)/t14-,15+/m1/s1. The molecule has 0 saturated carbocycles. The monoisotopic (exact) mass is 329 g/mol. The summed E-state index contributed by atoms with van der Waals surface area (Å²) in [4.78, 5) is 15.9. The lowest BCUT2D eigenvalue weighted by molar-refractivity contribution is -0.120. The average molecular weight is 329 g/mol. The molecular weight excluding hydrogens is 306 g/mol. The molecule has 0 unspecified atom stereocenters. The number of ether oxygens (including phenoxy) is 1. The van der Waals surface area contributed by atoms with Crippen LogP contribution in [-0.2, 0) is 15.1 Å². The minimum Gasteiger partial charge on any atom is -0.373 e. The van der Waals surface area contributed by atoms with Crippen molar-refractivity contribution in [3.63, 3.8) is 0 Å². The second-order valence-corrected chi connectivity index (χ2v) is 6.71. The topological polar surface area (TPSA) is 77.2 Å². The van der Waals surface area contributed by atoms with E-state index < -0.39 is 5.54 Å². The first-order chi connectivity index (χ1) is 11.5. The van der Waals surface area contributed by atoms with Gasteiger partial charge in [-0.2, -0.15) is 4.98 Å². The normalized spacial score (nSPS) is 21.5. The van der Waals surface area contributed by atoms with E-state index in [1.54, 1.807) is 0 Å². The lowest BCUT2D eigenvalue weighted by Crippen LogP contribution is -2.40. The Morgan fingerprint density at radius 3 is 2.75 bits per heavy atom. The molecule has 1 aromatic heterocycles. The van der Waals surface area contributed by atoms with Crippen LogP contribution in [0.3, 0.4) is 0 Å². The van der Waals surface area contributed by atoms with Crippen molar-refractivity contribution in [2.24, 2.45) is 0 Å². The molecule has 1 saturated heterocycles. The Balaban J connectivity index is 1.86. The molecular formula is C18H23N3O3. The molecule has 1 aliphatic rings. The summed E-state index contributed by atoms with van der Waals surface area (Å²) >= 11 is 0. The van der Waals surface area contributed by atoms with Gasteiger partial charge in [-0.25, -0.2) is 0 Å². The van der Waals surface area contributed by atoms with Crippen LogP contribution in [0.25, 0.3) is 0 Å². The Hall–Kier alpha value is -2.21. The Morgan fingerprint density at radius 1 is 1.29 bits per heavy atom. The molecule has 0 spiro atoms. The first-order valence-electron chi connectivity index (χ1n) is 8.27. The molecule has 0 bridgehead atoms. The van der Waals surface area contributed by atoms with E-state index in [9.17, 15) is 4.79 Å². The minimum atomic E-state index is -0.675. The van der Waals surface area contributed by atoms with Gasteiger partial charge >= 0.3 is 0 Å². The fourth-order valence-electron chi connectivity index (χ4n) is 3.14. The average Bonchev–Trinajstić information content (AvgIpc) is 3.05. The number of carbonyl (C=O) groups is 1. The molecule has 1 N–H and O–H groups in total. The smallest absolute Gasteiger partial charge is 0.232 e. The first kappa shape index (κ1) is 16.6. The summed E-state index contributed by atoms with van der Waals surface area (Å²) in [5.74, 6) is 0.937. The maximum Gasteiger partial charge on any atom is 0.232 e. The molecule has 0 radical (unpaired) electrons. The van der Waals surface area contributed by atoms with Gasteiger partial charge in [-0.3, -0.25) is 4.79 Å². The summed E-state index contributed by atoms with van der Waals surface area (Å²) in [6, 6.07) is 10.1. The van der Waals surface area contributed by atoms with Crippen LogP contribution in [0.5, 0.6) is 0 Å². The van der Waals surface area contributed by atoms with Crippen molar-refractivity contribution in [1.82, 2.24) is 15.5 Å². The Bertz CT molecular complexity index is 697. The van der Waals surface area contributed by atoms with E-state index >= 15 is 0 Å². The summed E-state index contributed by atoms with van der Waals surface area (Å²) in [5, 5.41) is 6.93. The van der Waals surface area contributed by atoms with E-state index in [2.05, 4.69) is 27.6 Å². The van der Waals surface area contributed by atoms with Gasteiger partial charge in [0, 0.05) is 13.5 Å². The summed E-state index contributed by atoms with van der Waals surface area (Å²) in [6.07, 6.45) is 1.81. The maximum absolute atomic E-state index is 11.4. The zero-order valence-corrected chi connectivity index (χ0v) is 14.3. The number of hydrogen-bond donors (Lipinski definition) is 1. The number of nitrogens with one attached hydrogen (secondary N) is 1. The molecule has 1 fully saturated rings. The molecule has 1 amide bonds. The lowest BCUT2D eigenvalue weighted by Gasteiger charge is -2.29. The predicted octanol–water partition coefficient (Wildman–Crippen LogP) is 3.08. The Labute approximate surface area is 141 Å². The van der Waals surface area contributed by atoms with Crippen LogP contribution in [0, 0.1) is 0 Å². The van der Waals surface area contributed by atoms with Crippen molar-refractivity contribution in [1.29, 1.82) is 0 Å². The van der Waals surface area contributed by atoms with Crippen molar-refractivity contribution in [3.8, 4) is 0 Å². The zero-order valence-electron chi connectivity index (χ0n) is 14.3. The van der Waals surface area contributed by atoms with Gasteiger partial charge in [-0.05, 0) is 32.3 Å². The second-order valence-electron chi connectivity index (χ2n) is 6.71. The van der Waals surface area contributed by atoms with Crippen LogP contribution in [0.1, 0.15) is 62.9 Å². The quantitative estimate of drug-likeness (QED) is 0.933. The second kappa shape index (κ2) is 6.73. The van der Waals surface area contributed by atoms with Gasteiger partial charge in [0.05, 0.1) is 17.6 Å². The molecule has 2 aromatic rings. The fourth-order valence-corrected chi connectivity index (χ4v) is 3.14. The number of nitrogens with zero attached hydrogens (tertiary/aromatic N) is 2. The van der Waals surface area contributed by atoms with E-state index in [4.69, 9.17) is 9.26 Å². The van der Waals surface area contributed by atoms with Crippen LogP contribution in [0.4, 0.5) is 0 Å². The lowest BCUT2D eigenvalue weighted by atomic mass is 9.89. The summed E-state index contributed by atoms with van der Waals surface area (Å²) < 4.78 is 11.5. The molecule has 6 nitrogen and oxygen atoms in total. The van der Waals surface area contributed by atoms with Crippen LogP contribution in [0.2, 0.25) is 0 Å². The van der Waals surface area contributed by atoms with Crippen LogP contribution >= 0.6 is 0 Å². The highest BCUT2D eigenvalue weighted by Crippen LogP contribution is 2.40. The molecule has 0 aliphatic carbocycles. The fraction of sp³-hybridized carbons (Fsp3) is 0.500. The molecule has 128 valence electrons. The summed E-state index contributed by atoms with van der Waals surface area (Å²) in [7, 11) is 0. The molecule has 2 atom stereocenters. The van der Waals surface area contributed by atoms with E-state index in [1.165, 1.54) is 6.92 Å². The molecule has 2 heterocycles. The van der Waals surface area contributed by atoms with Gasteiger partial charge < -0.3 is 14.6 Å². The maximum atomic E-state index is 11.4.